The van der Waals surface area contributed by atoms with Crippen LogP contribution in [0.1, 0.15) is 26.3 Å². The van der Waals surface area contributed by atoms with Crippen LogP contribution in [0.15, 0.2) is 73.1 Å². The predicted octanol–water partition coefficient (Wildman–Crippen LogP) is 4.61. The van der Waals surface area contributed by atoms with E-state index in [1.165, 1.54) is 42.7 Å². The SMILES string of the molecule is O=C(Nc1cc(NC(=O)c2cccnc2)cc(C(F)(F)F)c1)c1ccccc1. The summed E-state index contributed by atoms with van der Waals surface area (Å²) < 4.78 is 39.7. The molecule has 0 unspecified atom stereocenters. The first kappa shape index (κ1) is 19.1. The van der Waals surface area contributed by atoms with E-state index in [1.54, 1.807) is 18.2 Å². The highest BCUT2D eigenvalue weighted by molar-refractivity contribution is 6.06. The van der Waals surface area contributed by atoms with Crippen molar-refractivity contribution < 1.29 is 22.8 Å². The van der Waals surface area contributed by atoms with Crippen molar-refractivity contribution in [2.24, 2.45) is 0 Å². The summed E-state index contributed by atoms with van der Waals surface area (Å²) >= 11 is 0. The van der Waals surface area contributed by atoms with Crippen LogP contribution in [0.25, 0.3) is 0 Å². The average Bonchev–Trinajstić information content (AvgIpc) is 2.68. The van der Waals surface area contributed by atoms with Crippen molar-refractivity contribution in [1.82, 2.24) is 4.98 Å². The number of anilines is 2. The van der Waals surface area contributed by atoms with Gasteiger partial charge >= 0.3 is 6.18 Å². The molecule has 0 saturated carbocycles. The van der Waals surface area contributed by atoms with Crippen LogP contribution in [0.4, 0.5) is 24.5 Å². The van der Waals surface area contributed by atoms with Crippen LogP contribution in [0.2, 0.25) is 0 Å². The van der Waals surface area contributed by atoms with Gasteiger partial charge < -0.3 is 10.6 Å². The van der Waals surface area contributed by atoms with Crippen LogP contribution in [0.5, 0.6) is 0 Å². The summed E-state index contributed by atoms with van der Waals surface area (Å²) in [5.41, 5.74) is -0.715. The Hall–Kier alpha value is -3.68. The first-order chi connectivity index (χ1) is 13.3. The van der Waals surface area contributed by atoms with Gasteiger partial charge in [0.15, 0.2) is 0 Å². The molecule has 8 heteroatoms. The maximum absolute atomic E-state index is 13.2. The quantitative estimate of drug-likeness (QED) is 0.689. The fourth-order valence-corrected chi connectivity index (χ4v) is 2.43. The number of nitrogens with one attached hydrogen (secondary N) is 2. The van der Waals surface area contributed by atoms with Crippen molar-refractivity contribution in [3.8, 4) is 0 Å². The molecule has 0 spiro atoms. The van der Waals surface area contributed by atoms with E-state index in [-0.39, 0.29) is 16.9 Å². The molecule has 2 amide bonds. The lowest BCUT2D eigenvalue weighted by molar-refractivity contribution is -0.137. The number of benzene rings is 2. The lowest BCUT2D eigenvalue weighted by atomic mass is 10.1. The van der Waals surface area contributed by atoms with Gasteiger partial charge in [0.25, 0.3) is 11.8 Å². The third-order valence-electron chi connectivity index (χ3n) is 3.74. The smallest absolute Gasteiger partial charge is 0.322 e. The summed E-state index contributed by atoms with van der Waals surface area (Å²) in [5, 5.41) is 4.82. The number of amides is 2. The Morgan fingerprint density at radius 1 is 0.786 bits per heavy atom. The summed E-state index contributed by atoms with van der Waals surface area (Å²) in [7, 11) is 0. The van der Waals surface area contributed by atoms with Crippen LogP contribution in [-0.4, -0.2) is 16.8 Å². The van der Waals surface area contributed by atoms with Gasteiger partial charge in [-0.1, -0.05) is 18.2 Å². The fraction of sp³-hybridized carbons (Fsp3) is 0.0500. The molecular formula is C20H14F3N3O2. The summed E-state index contributed by atoms with van der Waals surface area (Å²) in [6.45, 7) is 0. The molecule has 0 atom stereocenters. The Labute approximate surface area is 158 Å². The molecular weight excluding hydrogens is 371 g/mol. The molecule has 142 valence electrons. The van der Waals surface area contributed by atoms with Gasteiger partial charge in [0.2, 0.25) is 0 Å². The summed E-state index contributed by atoms with van der Waals surface area (Å²) in [5.74, 6) is -1.18. The molecule has 0 saturated heterocycles. The minimum atomic E-state index is -4.65. The van der Waals surface area contributed by atoms with Gasteiger partial charge in [-0.2, -0.15) is 13.2 Å². The zero-order valence-electron chi connectivity index (χ0n) is 14.3. The van der Waals surface area contributed by atoms with E-state index in [9.17, 15) is 22.8 Å². The molecule has 0 aliphatic carbocycles. The molecule has 3 rings (SSSR count). The molecule has 1 heterocycles. The van der Waals surface area contributed by atoms with E-state index in [0.717, 1.165) is 12.1 Å². The number of rotatable bonds is 4. The van der Waals surface area contributed by atoms with Gasteiger partial charge in [-0.15, -0.1) is 0 Å². The molecule has 0 bridgehead atoms. The first-order valence-corrected chi connectivity index (χ1v) is 8.13. The molecule has 28 heavy (non-hydrogen) atoms. The number of halogens is 3. The highest BCUT2D eigenvalue weighted by atomic mass is 19.4. The van der Waals surface area contributed by atoms with Crippen LogP contribution in [-0.2, 0) is 6.18 Å². The lowest BCUT2D eigenvalue weighted by Gasteiger charge is -2.14. The molecule has 0 aliphatic heterocycles. The molecule has 0 fully saturated rings. The van der Waals surface area contributed by atoms with Crippen molar-refractivity contribution in [2.45, 2.75) is 6.18 Å². The maximum Gasteiger partial charge on any atom is 0.416 e. The van der Waals surface area contributed by atoms with Crippen molar-refractivity contribution in [2.75, 3.05) is 10.6 Å². The van der Waals surface area contributed by atoms with E-state index < -0.39 is 23.6 Å². The van der Waals surface area contributed by atoms with Crippen molar-refractivity contribution in [3.05, 3.63) is 89.7 Å². The Bertz CT molecular complexity index is 919. The van der Waals surface area contributed by atoms with E-state index >= 15 is 0 Å². The molecule has 2 N–H and O–H groups in total. The topological polar surface area (TPSA) is 71.1 Å². The van der Waals surface area contributed by atoms with E-state index in [2.05, 4.69) is 15.6 Å². The van der Waals surface area contributed by atoms with Gasteiger partial charge in [-0.3, -0.25) is 14.6 Å². The zero-order chi connectivity index (χ0) is 20.1. The third kappa shape index (κ3) is 4.73. The van der Waals surface area contributed by atoms with E-state index in [0.29, 0.717) is 5.56 Å². The molecule has 0 radical (unpaired) electrons. The summed E-state index contributed by atoms with van der Waals surface area (Å²) in [4.78, 5) is 28.2. The first-order valence-electron chi connectivity index (χ1n) is 8.13. The van der Waals surface area contributed by atoms with Gasteiger partial charge in [0.1, 0.15) is 0 Å². The fourth-order valence-electron chi connectivity index (χ4n) is 2.43. The largest absolute Gasteiger partial charge is 0.416 e. The number of alkyl halides is 3. The van der Waals surface area contributed by atoms with Crippen molar-refractivity contribution in [3.63, 3.8) is 0 Å². The second-order valence-electron chi connectivity index (χ2n) is 5.81. The minimum Gasteiger partial charge on any atom is -0.322 e. The third-order valence-corrected chi connectivity index (χ3v) is 3.74. The molecule has 5 nitrogen and oxygen atoms in total. The monoisotopic (exact) mass is 385 g/mol. The van der Waals surface area contributed by atoms with Crippen molar-refractivity contribution >= 4 is 23.2 Å². The Balaban J connectivity index is 1.89. The summed E-state index contributed by atoms with van der Waals surface area (Å²) in [6, 6.07) is 13.9. The second kappa shape index (κ2) is 7.91. The second-order valence-corrected chi connectivity index (χ2v) is 5.81. The number of hydrogen-bond donors (Lipinski definition) is 2. The number of carbonyl (C=O) groups excluding carboxylic acids is 2. The normalized spacial score (nSPS) is 11.0. The van der Waals surface area contributed by atoms with E-state index in [4.69, 9.17) is 0 Å². The van der Waals surface area contributed by atoms with Gasteiger partial charge in [0.05, 0.1) is 11.1 Å². The predicted molar refractivity (Wildman–Crippen MR) is 98.0 cm³/mol. The number of aromatic nitrogens is 1. The van der Waals surface area contributed by atoms with Crippen LogP contribution in [0.3, 0.4) is 0 Å². The minimum absolute atomic E-state index is 0.0924. The van der Waals surface area contributed by atoms with E-state index in [1.807, 2.05) is 0 Å². The Morgan fingerprint density at radius 2 is 1.36 bits per heavy atom. The summed E-state index contributed by atoms with van der Waals surface area (Å²) in [6.07, 6.45) is -1.89. The molecule has 3 aromatic rings. The molecule has 0 aliphatic rings. The molecule has 1 aromatic heterocycles. The highest BCUT2D eigenvalue weighted by Gasteiger charge is 2.31. The van der Waals surface area contributed by atoms with Crippen LogP contribution in [0, 0.1) is 0 Å². The molecule has 2 aromatic carbocycles. The Kier molecular flexibility index (Phi) is 5.39. The van der Waals surface area contributed by atoms with Gasteiger partial charge in [0, 0.05) is 29.3 Å². The number of nitrogens with zero attached hydrogens (tertiary/aromatic N) is 1. The Morgan fingerprint density at radius 3 is 1.89 bits per heavy atom. The number of hydrogen-bond acceptors (Lipinski definition) is 3. The number of pyridine rings is 1. The zero-order valence-corrected chi connectivity index (χ0v) is 14.3. The van der Waals surface area contributed by atoms with Gasteiger partial charge in [-0.25, -0.2) is 0 Å². The highest BCUT2D eigenvalue weighted by Crippen LogP contribution is 2.33. The average molecular weight is 385 g/mol. The van der Waals surface area contributed by atoms with Crippen LogP contribution < -0.4 is 10.6 Å². The van der Waals surface area contributed by atoms with Crippen LogP contribution >= 0.6 is 0 Å². The standard InChI is InChI=1S/C20H14F3N3O2/c21-20(22,23)15-9-16(25-18(27)13-5-2-1-3-6-13)11-17(10-15)26-19(28)14-7-4-8-24-12-14/h1-12H,(H,25,27)(H,26,28). The van der Waals surface area contributed by atoms with Gasteiger partial charge in [-0.05, 0) is 42.5 Å². The van der Waals surface area contributed by atoms with Crippen molar-refractivity contribution in [1.29, 1.82) is 0 Å². The lowest BCUT2D eigenvalue weighted by Crippen LogP contribution is -2.16. The maximum atomic E-state index is 13.2. The number of carbonyl (C=O) groups is 2.